The summed E-state index contributed by atoms with van der Waals surface area (Å²) in [6.07, 6.45) is 6.68. The molecule has 2 heteroatoms. The zero-order valence-corrected chi connectivity index (χ0v) is 11.2. The molecule has 0 N–H and O–H groups in total. The van der Waals surface area contributed by atoms with Gasteiger partial charge in [0.05, 0.1) is 12.2 Å². The van der Waals surface area contributed by atoms with E-state index in [-0.39, 0.29) is 17.3 Å². The Morgan fingerprint density at radius 1 is 0.938 bits per heavy atom. The minimum Gasteiger partial charge on any atom is -0.352 e. The molecule has 0 radical (unpaired) electrons. The summed E-state index contributed by atoms with van der Waals surface area (Å²) >= 11 is 0. The van der Waals surface area contributed by atoms with Crippen LogP contribution in [0.1, 0.15) is 59.8 Å². The molecule has 1 atom stereocenters. The van der Waals surface area contributed by atoms with E-state index in [1.165, 1.54) is 32.1 Å². The smallest absolute Gasteiger partial charge is 0.161 e. The number of ether oxygens (including phenoxy) is 2. The van der Waals surface area contributed by atoms with Crippen molar-refractivity contribution in [2.45, 2.75) is 71.7 Å². The summed E-state index contributed by atoms with van der Waals surface area (Å²) in [7, 11) is 0. The highest BCUT2D eigenvalue weighted by molar-refractivity contribution is 4.91. The van der Waals surface area contributed by atoms with Crippen molar-refractivity contribution < 1.29 is 9.47 Å². The van der Waals surface area contributed by atoms with E-state index < -0.39 is 0 Å². The van der Waals surface area contributed by atoms with Crippen LogP contribution < -0.4 is 0 Å². The van der Waals surface area contributed by atoms with Gasteiger partial charge in [-0.25, -0.2) is 0 Å². The Hall–Kier alpha value is -0.0800. The predicted octanol–water partition coefficient (Wildman–Crippen LogP) is 3.74. The van der Waals surface area contributed by atoms with Crippen molar-refractivity contribution >= 4 is 0 Å². The van der Waals surface area contributed by atoms with Crippen LogP contribution >= 0.6 is 0 Å². The molecule has 2 rings (SSSR count). The standard InChI is InChI=1S/C14H26O2/c1-13(2)10-15-12(16-14(13,3)4)11-8-6-5-7-9-11/h11-12H,5-10H2,1-4H3. The normalized spacial score (nSPS) is 34.9. The maximum Gasteiger partial charge on any atom is 0.161 e. The SMILES string of the molecule is CC1(C)COC(C2CCCCC2)OC1(C)C. The van der Waals surface area contributed by atoms with Crippen LogP contribution in [0.2, 0.25) is 0 Å². The molecule has 1 saturated carbocycles. The first-order valence-electron chi connectivity index (χ1n) is 6.72. The number of rotatable bonds is 1. The summed E-state index contributed by atoms with van der Waals surface area (Å²) in [4.78, 5) is 0. The first kappa shape index (κ1) is 12.4. The third kappa shape index (κ3) is 2.28. The van der Waals surface area contributed by atoms with Gasteiger partial charge in [0.2, 0.25) is 0 Å². The van der Waals surface area contributed by atoms with E-state index in [4.69, 9.17) is 9.47 Å². The zero-order chi connectivity index (χ0) is 11.8. The van der Waals surface area contributed by atoms with Gasteiger partial charge in [-0.2, -0.15) is 0 Å². The second kappa shape index (κ2) is 4.30. The van der Waals surface area contributed by atoms with E-state index in [1.54, 1.807) is 0 Å². The van der Waals surface area contributed by atoms with Crippen LogP contribution in [0.3, 0.4) is 0 Å². The predicted molar refractivity (Wildman–Crippen MR) is 65.3 cm³/mol. The Kier molecular flexibility index (Phi) is 3.33. The fraction of sp³-hybridized carbons (Fsp3) is 1.00. The zero-order valence-electron chi connectivity index (χ0n) is 11.2. The molecule has 1 heterocycles. The van der Waals surface area contributed by atoms with Gasteiger partial charge in [0.25, 0.3) is 0 Å². The molecule has 2 fully saturated rings. The minimum absolute atomic E-state index is 0.0447. The first-order chi connectivity index (χ1) is 7.42. The van der Waals surface area contributed by atoms with E-state index in [9.17, 15) is 0 Å². The third-order valence-electron chi connectivity index (χ3n) is 4.68. The molecule has 1 unspecified atom stereocenters. The Bertz CT molecular complexity index is 239. The number of hydrogen-bond acceptors (Lipinski definition) is 2. The molecule has 2 aliphatic rings. The molecule has 0 bridgehead atoms. The van der Waals surface area contributed by atoms with Crippen molar-refractivity contribution in [3.05, 3.63) is 0 Å². The highest BCUT2D eigenvalue weighted by atomic mass is 16.7. The fourth-order valence-electron chi connectivity index (χ4n) is 2.59. The summed E-state index contributed by atoms with van der Waals surface area (Å²) in [6.45, 7) is 9.67. The van der Waals surface area contributed by atoms with Crippen LogP contribution in [-0.2, 0) is 9.47 Å². The molecule has 0 amide bonds. The molecule has 16 heavy (non-hydrogen) atoms. The molecule has 1 saturated heterocycles. The van der Waals surface area contributed by atoms with Crippen molar-refractivity contribution in [3.63, 3.8) is 0 Å². The van der Waals surface area contributed by atoms with E-state index >= 15 is 0 Å². The van der Waals surface area contributed by atoms with E-state index in [0.29, 0.717) is 5.92 Å². The van der Waals surface area contributed by atoms with Crippen molar-refractivity contribution in [2.24, 2.45) is 11.3 Å². The monoisotopic (exact) mass is 226 g/mol. The summed E-state index contributed by atoms with van der Waals surface area (Å²) in [5.41, 5.74) is 0.0333. The van der Waals surface area contributed by atoms with Crippen molar-refractivity contribution in [2.75, 3.05) is 6.61 Å². The average Bonchev–Trinajstić information content (AvgIpc) is 2.23. The molecular weight excluding hydrogens is 200 g/mol. The summed E-state index contributed by atoms with van der Waals surface area (Å²) < 4.78 is 12.2. The molecule has 0 aromatic carbocycles. The van der Waals surface area contributed by atoms with Gasteiger partial charge in [-0.05, 0) is 26.7 Å². The average molecular weight is 226 g/mol. The van der Waals surface area contributed by atoms with Gasteiger partial charge in [-0.1, -0.05) is 33.1 Å². The van der Waals surface area contributed by atoms with Crippen molar-refractivity contribution in [1.29, 1.82) is 0 Å². The van der Waals surface area contributed by atoms with Crippen LogP contribution in [0.15, 0.2) is 0 Å². The molecule has 1 aliphatic heterocycles. The molecule has 0 spiro atoms. The second-order valence-corrected chi connectivity index (χ2v) is 6.59. The van der Waals surface area contributed by atoms with Crippen molar-refractivity contribution in [3.8, 4) is 0 Å². The Balaban J connectivity index is 1.99. The molecular formula is C14H26O2. The van der Waals surface area contributed by atoms with Gasteiger partial charge in [-0.3, -0.25) is 0 Å². The van der Waals surface area contributed by atoms with Gasteiger partial charge >= 0.3 is 0 Å². The van der Waals surface area contributed by atoms with Crippen LogP contribution in [0.4, 0.5) is 0 Å². The third-order valence-corrected chi connectivity index (χ3v) is 4.68. The van der Waals surface area contributed by atoms with E-state index in [0.717, 1.165) is 6.61 Å². The lowest BCUT2D eigenvalue weighted by atomic mass is 9.76. The summed E-state index contributed by atoms with van der Waals surface area (Å²) in [5.74, 6) is 0.629. The Morgan fingerprint density at radius 2 is 1.56 bits per heavy atom. The van der Waals surface area contributed by atoms with Gasteiger partial charge in [0.1, 0.15) is 0 Å². The van der Waals surface area contributed by atoms with Gasteiger partial charge in [0.15, 0.2) is 6.29 Å². The Morgan fingerprint density at radius 3 is 2.12 bits per heavy atom. The highest BCUT2D eigenvalue weighted by Gasteiger charge is 2.46. The molecule has 94 valence electrons. The van der Waals surface area contributed by atoms with Crippen LogP contribution in [0, 0.1) is 11.3 Å². The molecule has 2 nitrogen and oxygen atoms in total. The van der Waals surface area contributed by atoms with Crippen LogP contribution in [0.25, 0.3) is 0 Å². The lowest BCUT2D eigenvalue weighted by molar-refractivity contribution is -0.313. The van der Waals surface area contributed by atoms with Crippen LogP contribution in [-0.4, -0.2) is 18.5 Å². The lowest BCUT2D eigenvalue weighted by Gasteiger charge is -2.50. The van der Waals surface area contributed by atoms with Crippen LogP contribution in [0.5, 0.6) is 0 Å². The maximum absolute atomic E-state index is 6.21. The first-order valence-corrected chi connectivity index (χ1v) is 6.72. The molecule has 0 aromatic rings. The summed E-state index contributed by atoms with van der Waals surface area (Å²) in [5, 5.41) is 0. The maximum atomic E-state index is 6.21. The Labute approximate surface area is 99.7 Å². The fourth-order valence-corrected chi connectivity index (χ4v) is 2.59. The summed E-state index contributed by atoms with van der Waals surface area (Å²) in [6, 6.07) is 0. The molecule has 1 aliphatic carbocycles. The second-order valence-electron chi connectivity index (χ2n) is 6.59. The van der Waals surface area contributed by atoms with E-state index in [1.807, 2.05) is 0 Å². The minimum atomic E-state index is -0.0760. The highest BCUT2D eigenvalue weighted by Crippen LogP contribution is 2.42. The topological polar surface area (TPSA) is 18.5 Å². The van der Waals surface area contributed by atoms with Gasteiger partial charge < -0.3 is 9.47 Å². The molecule has 0 aromatic heterocycles. The van der Waals surface area contributed by atoms with Gasteiger partial charge in [-0.15, -0.1) is 0 Å². The quantitative estimate of drug-likeness (QED) is 0.678. The van der Waals surface area contributed by atoms with Gasteiger partial charge in [0, 0.05) is 11.3 Å². The largest absolute Gasteiger partial charge is 0.352 e. The lowest BCUT2D eigenvalue weighted by Crippen LogP contribution is -2.54. The van der Waals surface area contributed by atoms with E-state index in [2.05, 4.69) is 27.7 Å². The van der Waals surface area contributed by atoms with Crippen molar-refractivity contribution in [1.82, 2.24) is 0 Å². The number of hydrogen-bond donors (Lipinski definition) is 0.